The molecular formula is C15H14F3NO4S. The molecule has 2 atom stereocenters. The molecule has 2 heterocycles. The van der Waals surface area contributed by atoms with Gasteiger partial charge in [-0.05, 0) is 42.7 Å². The molecule has 1 aromatic carbocycles. The average molecular weight is 361 g/mol. The fourth-order valence-electron chi connectivity index (χ4n) is 3.13. The lowest BCUT2D eigenvalue weighted by molar-refractivity contribution is -0.143. The van der Waals surface area contributed by atoms with Crippen LogP contribution in [0.4, 0.5) is 13.2 Å². The highest BCUT2D eigenvalue weighted by atomic mass is 32.2. The lowest BCUT2D eigenvalue weighted by Gasteiger charge is -2.36. The van der Waals surface area contributed by atoms with Gasteiger partial charge in [0.1, 0.15) is 6.04 Å². The van der Waals surface area contributed by atoms with E-state index in [1.807, 2.05) is 0 Å². The van der Waals surface area contributed by atoms with Crippen LogP contribution in [0.1, 0.15) is 18.4 Å². The van der Waals surface area contributed by atoms with Gasteiger partial charge in [0.25, 0.3) is 0 Å². The summed E-state index contributed by atoms with van der Waals surface area (Å²) in [7, 11) is -4.01. The van der Waals surface area contributed by atoms with Crippen molar-refractivity contribution in [1.82, 2.24) is 4.90 Å². The van der Waals surface area contributed by atoms with E-state index >= 15 is 0 Å². The molecule has 0 spiro atoms. The zero-order valence-corrected chi connectivity index (χ0v) is 13.1. The number of benzene rings is 1. The minimum atomic E-state index is -4.55. The van der Waals surface area contributed by atoms with Crippen LogP contribution in [-0.4, -0.2) is 43.0 Å². The Morgan fingerprint density at radius 2 is 1.88 bits per heavy atom. The molecule has 0 amide bonds. The summed E-state index contributed by atoms with van der Waals surface area (Å²) in [5, 5.41) is 10.2. The molecule has 2 saturated heterocycles. The van der Waals surface area contributed by atoms with Crippen LogP contribution in [0.5, 0.6) is 0 Å². The van der Waals surface area contributed by atoms with Crippen LogP contribution < -0.4 is 0 Å². The molecule has 2 fully saturated rings. The molecule has 2 aliphatic heterocycles. The molecule has 0 aromatic heterocycles. The number of hydrogen-bond donors (Lipinski definition) is 1. The summed E-state index contributed by atoms with van der Waals surface area (Å²) in [5.74, 6) is -1.12. The van der Waals surface area contributed by atoms with Crippen molar-refractivity contribution in [2.45, 2.75) is 36.0 Å². The zero-order chi connectivity index (χ0) is 17.7. The SMILES string of the molecule is O=C(O)C1C(=CS(=O)(=O)c2ccc(C(F)(F)F)cc2)CC2CCN21. The normalized spacial score (nSPS) is 26.2. The molecule has 2 aliphatic rings. The summed E-state index contributed by atoms with van der Waals surface area (Å²) in [6.45, 7) is 0.597. The minimum Gasteiger partial charge on any atom is -0.480 e. The second-order valence-corrected chi connectivity index (χ2v) is 7.68. The van der Waals surface area contributed by atoms with Gasteiger partial charge in [0.2, 0.25) is 0 Å². The van der Waals surface area contributed by atoms with E-state index in [1.54, 1.807) is 4.90 Å². The Balaban J connectivity index is 1.92. The van der Waals surface area contributed by atoms with Crippen molar-refractivity contribution < 1.29 is 31.5 Å². The molecule has 1 aromatic rings. The smallest absolute Gasteiger partial charge is 0.416 e. The van der Waals surface area contributed by atoms with E-state index in [4.69, 9.17) is 0 Å². The molecule has 0 bridgehead atoms. The van der Waals surface area contributed by atoms with Gasteiger partial charge in [-0.25, -0.2) is 8.42 Å². The molecule has 1 N–H and O–H groups in total. The Labute approximate surface area is 136 Å². The molecule has 2 unspecified atom stereocenters. The van der Waals surface area contributed by atoms with Crippen molar-refractivity contribution in [2.75, 3.05) is 6.54 Å². The van der Waals surface area contributed by atoms with E-state index in [0.29, 0.717) is 25.1 Å². The number of alkyl halides is 3. The monoisotopic (exact) mass is 361 g/mol. The first-order valence-electron chi connectivity index (χ1n) is 7.21. The minimum absolute atomic E-state index is 0.0279. The Morgan fingerprint density at radius 3 is 2.33 bits per heavy atom. The number of nitrogens with zero attached hydrogens (tertiary/aromatic N) is 1. The summed E-state index contributed by atoms with van der Waals surface area (Å²) < 4.78 is 62.4. The molecule has 130 valence electrons. The van der Waals surface area contributed by atoms with Crippen molar-refractivity contribution in [2.24, 2.45) is 0 Å². The predicted molar refractivity (Wildman–Crippen MR) is 77.9 cm³/mol. The number of sulfone groups is 1. The number of halogens is 3. The topological polar surface area (TPSA) is 74.7 Å². The Hall–Kier alpha value is -1.87. The van der Waals surface area contributed by atoms with Crippen molar-refractivity contribution in [3.8, 4) is 0 Å². The van der Waals surface area contributed by atoms with Crippen LogP contribution in [0.25, 0.3) is 0 Å². The van der Waals surface area contributed by atoms with Gasteiger partial charge in [-0.2, -0.15) is 13.2 Å². The van der Waals surface area contributed by atoms with E-state index in [-0.39, 0.29) is 16.5 Å². The third-order valence-electron chi connectivity index (χ3n) is 4.39. The lowest BCUT2D eigenvalue weighted by atomic mass is 10.0. The van der Waals surface area contributed by atoms with E-state index in [9.17, 15) is 31.5 Å². The second-order valence-electron chi connectivity index (χ2n) is 5.89. The first-order valence-corrected chi connectivity index (χ1v) is 8.75. The largest absolute Gasteiger partial charge is 0.480 e. The first kappa shape index (κ1) is 17.0. The molecular weight excluding hydrogens is 347 g/mol. The number of hydrogen-bond acceptors (Lipinski definition) is 4. The quantitative estimate of drug-likeness (QED) is 0.894. The fourth-order valence-corrected chi connectivity index (χ4v) is 4.41. The average Bonchev–Trinajstić information content (AvgIpc) is 2.69. The van der Waals surface area contributed by atoms with Gasteiger partial charge in [-0.15, -0.1) is 0 Å². The van der Waals surface area contributed by atoms with Gasteiger partial charge in [0.15, 0.2) is 9.84 Å². The Bertz CT molecular complexity index is 799. The highest BCUT2D eigenvalue weighted by molar-refractivity contribution is 7.94. The summed E-state index contributed by atoms with van der Waals surface area (Å²) >= 11 is 0. The molecule has 5 nitrogen and oxygen atoms in total. The molecule has 9 heteroatoms. The van der Waals surface area contributed by atoms with Gasteiger partial charge in [-0.1, -0.05) is 0 Å². The number of carbonyl (C=O) groups is 1. The molecule has 24 heavy (non-hydrogen) atoms. The van der Waals surface area contributed by atoms with E-state index in [2.05, 4.69) is 0 Å². The van der Waals surface area contributed by atoms with Gasteiger partial charge in [0.05, 0.1) is 10.5 Å². The van der Waals surface area contributed by atoms with E-state index < -0.39 is 33.6 Å². The van der Waals surface area contributed by atoms with Crippen molar-refractivity contribution in [3.05, 3.63) is 40.8 Å². The van der Waals surface area contributed by atoms with Gasteiger partial charge < -0.3 is 5.11 Å². The highest BCUT2D eigenvalue weighted by Gasteiger charge is 2.47. The molecule has 0 radical (unpaired) electrons. The maximum Gasteiger partial charge on any atom is 0.416 e. The summed E-state index contributed by atoms with van der Waals surface area (Å²) in [6.07, 6.45) is -3.40. The van der Waals surface area contributed by atoms with Crippen molar-refractivity contribution >= 4 is 15.8 Å². The number of carboxylic acid groups (broad SMARTS) is 1. The van der Waals surface area contributed by atoms with Crippen LogP contribution in [0.3, 0.4) is 0 Å². The summed E-state index contributed by atoms with van der Waals surface area (Å²) in [5.41, 5.74) is -0.674. The van der Waals surface area contributed by atoms with Crippen molar-refractivity contribution in [3.63, 3.8) is 0 Å². The third-order valence-corrected chi connectivity index (χ3v) is 5.94. The second kappa shape index (κ2) is 5.59. The Kier molecular flexibility index (Phi) is 3.95. The molecule has 0 saturated carbocycles. The van der Waals surface area contributed by atoms with Gasteiger partial charge >= 0.3 is 12.1 Å². The van der Waals surface area contributed by atoms with Crippen molar-refractivity contribution in [1.29, 1.82) is 0 Å². The van der Waals surface area contributed by atoms with E-state index in [0.717, 1.165) is 24.0 Å². The zero-order valence-electron chi connectivity index (χ0n) is 12.3. The van der Waals surface area contributed by atoms with Crippen LogP contribution >= 0.6 is 0 Å². The van der Waals surface area contributed by atoms with Gasteiger partial charge in [-0.3, -0.25) is 9.69 Å². The molecule has 3 rings (SSSR count). The van der Waals surface area contributed by atoms with Crippen LogP contribution in [0.2, 0.25) is 0 Å². The third kappa shape index (κ3) is 2.93. The standard InChI is InChI=1S/C15H14F3NO4S/c16-15(17,18)10-1-3-12(4-2-10)24(22,23)8-9-7-11-5-6-19(11)13(9)14(20)21/h1-4,8,11,13H,5-7H2,(H,20,21). The number of rotatable bonds is 3. The Morgan fingerprint density at radius 1 is 1.25 bits per heavy atom. The maximum absolute atomic E-state index is 12.5. The lowest BCUT2D eigenvalue weighted by Crippen LogP contribution is -2.50. The predicted octanol–water partition coefficient (Wildman–Crippen LogP) is 2.29. The fraction of sp³-hybridized carbons (Fsp3) is 0.400. The van der Waals surface area contributed by atoms with Crippen LogP contribution in [0.15, 0.2) is 40.1 Å². The van der Waals surface area contributed by atoms with Gasteiger partial charge in [0, 0.05) is 18.0 Å². The number of aliphatic carboxylic acids is 1. The van der Waals surface area contributed by atoms with Crippen LogP contribution in [0, 0.1) is 0 Å². The first-order chi connectivity index (χ1) is 11.1. The van der Waals surface area contributed by atoms with Crippen LogP contribution in [-0.2, 0) is 20.8 Å². The summed E-state index contributed by atoms with van der Waals surface area (Å²) in [4.78, 5) is 12.8. The number of carboxylic acids is 1. The highest BCUT2D eigenvalue weighted by Crippen LogP contribution is 2.38. The van der Waals surface area contributed by atoms with E-state index in [1.165, 1.54) is 0 Å². The molecule has 0 aliphatic carbocycles. The maximum atomic E-state index is 12.5. The number of fused-ring (bicyclic) bond motifs is 1. The summed E-state index contributed by atoms with van der Waals surface area (Å²) in [6, 6.07) is 2.21.